The molecule has 0 saturated carbocycles. The summed E-state index contributed by atoms with van der Waals surface area (Å²) in [6.45, 7) is 5.03. The van der Waals surface area contributed by atoms with Crippen LogP contribution in [-0.4, -0.2) is 52.4 Å². The number of aromatic hydroxyl groups is 1. The topological polar surface area (TPSA) is 117 Å². The van der Waals surface area contributed by atoms with Gasteiger partial charge < -0.3 is 25.2 Å². The van der Waals surface area contributed by atoms with Gasteiger partial charge in [-0.05, 0) is 51.1 Å². The number of ether oxygens (including phenoxy) is 2. The Morgan fingerprint density at radius 3 is 2.29 bits per heavy atom. The number of methoxy groups -OCH3 is 1. The van der Waals surface area contributed by atoms with Gasteiger partial charge in [-0.2, -0.15) is 12.6 Å². The van der Waals surface area contributed by atoms with Gasteiger partial charge in [0.1, 0.15) is 23.1 Å². The number of terminal acetylenes is 1. The fourth-order valence-corrected chi connectivity index (χ4v) is 3.32. The summed E-state index contributed by atoms with van der Waals surface area (Å²) in [5.74, 6) is -1.24. The van der Waals surface area contributed by atoms with Gasteiger partial charge in [0.05, 0.1) is 7.11 Å². The molecule has 0 bridgehead atoms. The third kappa shape index (κ3) is 7.58. The molecule has 2 aromatic carbocycles. The fraction of sp³-hybridized carbons (Fsp3) is 0.320. The maximum absolute atomic E-state index is 13.4. The molecule has 186 valence electrons. The molecule has 3 N–H and O–H groups in total. The first-order chi connectivity index (χ1) is 16.5. The van der Waals surface area contributed by atoms with Crippen LogP contribution in [0.4, 0.5) is 10.5 Å². The number of nitrogens with zero attached hydrogens (tertiary/aromatic N) is 1. The second-order valence-corrected chi connectivity index (χ2v) is 8.76. The summed E-state index contributed by atoms with van der Waals surface area (Å²) in [6.07, 6.45) is 4.82. The fourth-order valence-electron chi connectivity index (χ4n) is 3.07. The van der Waals surface area contributed by atoms with E-state index in [4.69, 9.17) is 15.9 Å². The number of carbonyl (C=O) groups excluding carboxylic acids is 3. The maximum atomic E-state index is 13.4. The lowest BCUT2D eigenvalue weighted by molar-refractivity contribution is -0.136. The van der Waals surface area contributed by atoms with Crippen LogP contribution in [0.2, 0.25) is 0 Å². The molecule has 35 heavy (non-hydrogen) atoms. The highest BCUT2D eigenvalue weighted by Gasteiger charge is 2.36. The van der Waals surface area contributed by atoms with Gasteiger partial charge in [-0.25, -0.2) is 4.79 Å². The van der Waals surface area contributed by atoms with Crippen molar-refractivity contribution in [3.63, 3.8) is 0 Å². The SMILES string of the molecule is C#CN(C(=O)C(CS)NC(=O)OC(C)(C)C)C(C(=O)Nc1ccc(OC)cc1)c1ccccc1O. The van der Waals surface area contributed by atoms with Crippen molar-refractivity contribution in [1.82, 2.24) is 10.2 Å². The van der Waals surface area contributed by atoms with Crippen LogP contribution >= 0.6 is 12.6 Å². The number of alkyl carbamates (subject to hydrolysis) is 1. The van der Waals surface area contributed by atoms with E-state index in [0.29, 0.717) is 11.4 Å². The molecule has 0 aliphatic rings. The highest BCUT2D eigenvalue weighted by molar-refractivity contribution is 7.80. The first kappa shape index (κ1) is 27.4. The van der Waals surface area contributed by atoms with Gasteiger partial charge in [0, 0.05) is 23.0 Å². The summed E-state index contributed by atoms with van der Waals surface area (Å²) in [4.78, 5) is 39.8. The predicted octanol–water partition coefficient (Wildman–Crippen LogP) is 3.32. The highest BCUT2D eigenvalue weighted by atomic mass is 32.1. The number of nitrogens with one attached hydrogen (secondary N) is 2. The molecule has 3 amide bonds. The molecule has 9 nitrogen and oxygen atoms in total. The Kier molecular flexibility index (Phi) is 9.42. The summed E-state index contributed by atoms with van der Waals surface area (Å²) < 4.78 is 10.3. The smallest absolute Gasteiger partial charge is 0.408 e. The lowest BCUT2D eigenvalue weighted by atomic mass is 10.0. The second-order valence-electron chi connectivity index (χ2n) is 8.40. The standard InChI is InChI=1S/C25H29N3O6S/c1-6-28(23(31)19(15-35)27-24(32)34-25(2,3)4)21(18-9-7-8-10-20(18)29)22(30)26-16-11-13-17(33-5)14-12-16/h1,7-14,19,21,29,35H,15H2,2-5H3,(H,26,30)(H,27,32). The van der Waals surface area contributed by atoms with E-state index in [1.54, 1.807) is 57.2 Å². The minimum atomic E-state index is -1.42. The quantitative estimate of drug-likeness (QED) is 0.252. The molecule has 2 unspecified atom stereocenters. The van der Waals surface area contributed by atoms with Crippen LogP contribution in [-0.2, 0) is 14.3 Å². The van der Waals surface area contributed by atoms with Crippen LogP contribution in [0, 0.1) is 12.5 Å². The van der Waals surface area contributed by atoms with E-state index in [-0.39, 0.29) is 17.1 Å². The Labute approximate surface area is 210 Å². The Hall–Kier alpha value is -3.84. The third-order valence-corrected chi connectivity index (χ3v) is 5.01. The predicted molar refractivity (Wildman–Crippen MR) is 135 cm³/mol. The number of para-hydroxylation sites is 1. The van der Waals surface area contributed by atoms with Crippen LogP contribution in [0.3, 0.4) is 0 Å². The molecular weight excluding hydrogens is 470 g/mol. The van der Waals surface area contributed by atoms with Gasteiger partial charge in [-0.1, -0.05) is 24.6 Å². The molecule has 10 heteroatoms. The molecule has 0 saturated heterocycles. The molecule has 0 aromatic heterocycles. The van der Waals surface area contributed by atoms with E-state index < -0.39 is 35.6 Å². The Morgan fingerprint density at radius 2 is 1.77 bits per heavy atom. The highest BCUT2D eigenvalue weighted by Crippen LogP contribution is 2.30. The molecule has 0 fully saturated rings. The lowest BCUT2D eigenvalue weighted by Gasteiger charge is -2.30. The average Bonchev–Trinajstić information content (AvgIpc) is 2.80. The lowest BCUT2D eigenvalue weighted by Crippen LogP contribution is -2.51. The van der Waals surface area contributed by atoms with Gasteiger partial charge in [0.25, 0.3) is 11.8 Å². The van der Waals surface area contributed by atoms with Gasteiger partial charge >= 0.3 is 6.09 Å². The van der Waals surface area contributed by atoms with E-state index in [1.807, 2.05) is 0 Å². The number of hydrogen-bond acceptors (Lipinski definition) is 7. The van der Waals surface area contributed by atoms with Crippen molar-refractivity contribution in [3.8, 4) is 24.0 Å². The van der Waals surface area contributed by atoms with Gasteiger partial charge in [0.15, 0.2) is 6.04 Å². The van der Waals surface area contributed by atoms with E-state index >= 15 is 0 Å². The number of thiol groups is 1. The van der Waals surface area contributed by atoms with Crippen LogP contribution in [0.15, 0.2) is 48.5 Å². The number of rotatable bonds is 8. The van der Waals surface area contributed by atoms with E-state index in [9.17, 15) is 19.5 Å². The minimum Gasteiger partial charge on any atom is -0.508 e. The van der Waals surface area contributed by atoms with E-state index in [1.165, 1.54) is 19.2 Å². The van der Waals surface area contributed by atoms with Gasteiger partial charge in [-0.15, -0.1) is 0 Å². The van der Waals surface area contributed by atoms with Crippen molar-refractivity contribution >= 4 is 36.2 Å². The summed E-state index contributed by atoms with van der Waals surface area (Å²) >= 11 is 4.15. The monoisotopic (exact) mass is 499 g/mol. The summed E-state index contributed by atoms with van der Waals surface area (Å²) in [6, 6.07) is 12.1. The molecule has 2 aromatic rings. The molecule has 0 spiro atoms. The van der Waals surface area contributed by atoms with Crippen molar-refractivity contribution in [2.45, 2.75) is 38.5 Å². The molecular formula is C25H29N3O6S. The summed E-state index contributed by atoms with van der Waals surface area (Å²) in [7, 11) is 1.52. The summed E-state index contributed by atoms with van der Waals surface area (Å²) in [5.41, 5.74) is -0.283. The van der Waals surface area contributed by atoms with Crippen molar-refractivity contribution in [2.24, 2.45) is 0 Å². The zero-order chi connectivity index (χ0) is 26.2. The van der Waals surface area contributed by atoms with Crippen molar-refractivity contribution < 1.29 is 29.0 Å². The molecule has 0 radical (unpaired) electrons. The molecule has 0 heterocycles. The largest absolute Gasteiger partial charge is 0.508 e. The Bertz CT molecular complexity index is 1090. The first-order valence-electron chi connectivity index (χ1n) is 10.6. The summed E-state index contributed by atoms with van der Waals surface area (Å²) in [5, 5.41) is 15.6. The number of benzene rings is 2. The van der Waals surface area contributed by atoms with E-state index in [2.05, 4.69) is 29.3 Å². The number of hydrogen-bond donors (Lipinski definition) is 4. The molecule has 2 rings (SSSR count). The molecule has 2 atom stereocenters. The zero-order valence-corrected chi connectivity index (χ0v) is 20.8. The van der Waals surface area contributed by atoms with E-state index in [0.717, 1.165) is 4.90 Å². The Balaban J connectivity index is 2.39. The van der Waals surface area contributed by atoms with Crippen molar-refractivity contribution in [3.05, 3.63) is 54.1 Å². The van der Waals surface area contributed by atoms with Crippen LogP contribution in [0.25, 0.3) is 0 Å². The maximum Gasteiger partial charge on any atom is 0.408 e. The number of phenols is 1. The van der Waals surface area contributed by atoms with Crippen molar-refractivity contribution in [1.29, 1.82) is 0 Å². The Morgan fingerprint density at radius 1 is 1.14 bits per heavy atom. The normalized spacial score (nSPS) is 12.5. The number of carbonyl (C=O) groups is 3. The second kappa shape index (κ2) is 12.0. The van der Waals surface area contributed by atoms with Crippen molar-refractivity contribution in [2.75, 3.05) is 18.2 Å². The van der Waals surface area contributed by atoms with Crippen LogP contribution in [0.1, 0.15) is 32.4 Å². The van der Waals surface area contributed by atoms with Crippen LogP contribution in [0.5, 0.6) is 11.5 Å². The number of amides is 3. The third-order valence-electron chi connectivity index (χ3n) is 4.64. The minimum absolute atomic E-state index is 0.0972. The average molecular weight is 500 g/mol. The van der Waals surface area contributed by atoms with Crippen LogP contribution < -0.4 is 15.4 Å². The first-order valence-corrected chi connectivity index (χ1v) is 11.3. The number of phenolic OH excluding ortho intramolecular Hbond substituents is 1. The molecule has 0 aliphatic carbocycles. The zero-order valence-electron chi connectivity index (χ0n) is 19.9. The van der Waals surface area contributed by atoms with Gasteiger partial charge in [0.2, 0.25) is 0 Å². The molecule has 0 aliphatic heterocycles. The van der Waals surface area contributed by atoms with Gasteiger partial charge in [-0.3, -0.25) is 14.5 Å². The number of anilines is 1.